The van der Waals surface area contributed by atoms with Crippen molar-refractivity contribution < 1.29 is 24.2 Å². The lowest BCUT2D eigenvalue weighted by molar-refractivity contribution is -0.142. The van der Waals surface area contributed by atoms with Crippen LogP contribution in [0.15, 0.2) is 16.6 Å². The number of amides is 1. The third-order valence-corrected chi connectivity index (χ3v) is 4.10. The van der Waals surface area contributed by atoms with Crippen LogP contribution < -0.4 is 14.8 Å². The van der Waals surface area contributed by atoms with E-state index in [-0.39, 0.29) is 18.4 Å². The first-order valence-electron chi connectivity index (χ1n) is 7.22. The molecular formula is C16H22BrNO5. The molecule has 1 aromatic rings. The number of hydrogen-bond acceptors (Lipinski definition) is 4. The predicted octanol–water partition coefficient (Wildman–Crippen LogP) is 2.94. The van der Waals surface area contributed by atoms with E-state index in [0.717, 1.165) is 0 Å². The molecule has 1 unspecified atom stereocenters. The first-order valence-corrected chi connectivity index (χ1v) is 8.01. The standard InChI is InChI=1S/C16H22BrNO5/c1-9(2)5-11(16(20)21)8-18-15(19)10-6-12(22-3)14(17)13(7-10)23-4/h6-7,9,11H,5,8H2,1-4H3,(H,18,19)(H,20,21). The average molecular weight is 388 g/mol. The highest BCUT2D eigenvalue weighted by Crippen LogP contribution is 2.35. The van der Waals surface area contributed by atoms with Gasteiger partial charge < -0.3 is 19.9 Å². The number of aliphatic carboxylic acids is 1. The van der Waals surface area contributed by atoms with E-state index in [1.54, 1.807) is 12.1 Å². The number of hydrogen-bond donors (Lipinski definition) is 2. The summed E-state index contributed by atoms with van der Waals surface area (Å²) >= 11 is 3.33. The van der Waals surface area contributed by atoms with Crippen molar-refractivity contribution in [2.45, 2.75) is 20.3 Å². The second-order valence-electron chi connectivity index (χ2n) is 5.57. The quantitative estimate of drug-likeness (QED) is 0.715. The molecule has 1 aromatic carbocycles. The molecule has 128 valence electrons. The summed E-state index contributed by atoms with van der Waals surface area (Å²) in [6.07, 6.45) is 0.503. The van der Waals surface area contributed by atoms with Crippen molar-refractivity contribution in [2.75, 3.05) is 20.8 Å². The Morgan fingerprint density at radius 1 is 1.22 bits per heavy atom. The number of ether oxygens (including phenoxy) is 2. The number of carbonyl (C=O) groups is 2. The van der Waals surface area contributed by atoms with Gasteiger partial charge in [0.2, 0.25) is 0 Å². The number of rotatable bonds is 8. The first-order chi connectivity index (χ1) is 10.8. The summed E-state index contributed by atoms with van der Waals surface area (Å²) in [6.45, 7) is 3.97. The van der Waals surface area contributed by atoms with Crippen LogP contribution in [0, 0.1) is 11.8 Å². The molecule has 0 fully saturated rings. The van der Waals surface area contributed by atoms with Gasteiger partial charge in [0.25, 0.3) is 5.91 Å². The van der Waals surface area contributed by atoms with Gasteiger partial charge in [-0.2, -0.15) is 0 Å². The monoisotopic (exact) mass is 387 g/mol. The Balaban J connectivity index is 2.87. The van der Waals surface area contributed by atoms with Crippen LogP contribution in [0.4, 0.5) is 0 Å². The van der Waals surface area contributed by atoms with E-state index in [4.69, 9.17) is 9.47 Å². The van der Waals surface area contributed by atoms with Gasteiger partial charge in [0.05, 0.1) is 20.1 Å². The topological polar surface area (TPSA) is 84.9 Å². The van der Waals surface area contributed by atoms with Gasteiger partial charge in [-0.1, -0.05) is 13.8 Å². The fourth-order valence-electron chi connectivity index (χ4n) is 2.16. The highest BCUT2D eigenvalue weighted by molar-refractivity contribution is 9.10. The molecule has 0 aliphatic rings. The van der Waals surface area contributed by atoms with Crippen molar-refractivity contribution in [1.82, 2.24) is 5.32 Å². The van der Waals surface area contributed by atoms with Gasteiger partial charge in [-0.15, -0.1) is 0 Å². The minimum Gasteiger partial charge on any atom is -0.495 e. The van der Waals surface area contributed by atoms with Gasteiger partial charge >= 0.3 is 5.97 Å². The molecule has 0 heterocycles. The Bertz CT molecular complexity index is 549. The number of carboxylic acids is 1. The van der Waals surface area contributed by atoms with Crippen molar-refractivity contribution in [2.24, 2.45) is 11.8 Å². The minimum absolute atomic E-state index is 0.0764. The summed E-state index contributed by atoms with van der Waals surface area (Å²) in [6, 6.07) is 3.14. The van der Waals surface area contributed by atoms with Gasteiger partial charge in [0.15, 0.2) is 0 Å². The molecule has 1 amide bonds. The molecule has 0 saturated heterocycles. The molecule has 0 spiro atoms. The van der Waals surface area contributed by atoms with Gasteiger partial charge in [0.1, 0.15) is 16.0 Å². The lowest BCUT2D eigenvalue weighted by Crippen LogP contribution is -2.33. The number of methoxy groups -OCH3 is 2. The van der Waals surface area contributed by atoms with Crippen LogP contribution in [-0.2, 0) is 4.79 Å². The summed E-state index contributed by atoms with van der Waals surface area (Å²) < 4.78 is 11.0. The number of carboxylic acid groups (broad SMARTS) is 1. The lowest BCUT2D eigenvalue weighted by atomic mass is 9.97. The van der Waals surface area contributed by atoms with Crippen molar-refractivity contribution >= 4 is 27.8 Å². The smallest absolute Gasteiger partial charge is 0.308 e. The van der Waals surface area contributed by atoms with E-state index >= 15 is 0 Å². The predicted molar refractivity (Wildman–Crippen MR) is 90.2 cm³/mol. The molecular weight excluding hydrogens is 366 g/mol. The van der Waals surface area contributed by atoms with E-state index in [0.29, 0.717) is 28.0 Å². The zero-order valence-corrected chi connectivity index (χ0v) is 15.3. The van der Waals surface area contributed by atoms with Crippen LogP contribution in [0.1, 0.15) is 30.6 Å². The zero-order chi connectivity index (χ0) is 17.6. The van der Waals surface area contributed by atoms with Crippen LogP contribution in [0.25, 0.3) is 0 Å². The third kappa shape index (κ3) is 5.42. The van der Waals surface area contributed by atoms with Crippen molar-refractivity contribution in [3.63, 3.8) is 0 Å². The third-order valence-electron chi connectivity index (χ3n) is 3.32. The van der Waals surface area contributed by atoms with E-state index in [1.807, 2.05) is 13.8 Å². The van der Waals surface area contributed by atoms with Gasteiger partial charge in [0, 0.05) is 12.1 Å². The van der Waals surface area contributed by atoms with Gasteiger partial charge in [-0.05, 0) is 40.4 Å². The number of carbonyl (C=O) groups excluding carboxylic acids is 1. The molecule has 0 radical (unpaired) electrons. The maximum Gasteiger partial charge on any atom is 0.308 e. The summed E-state index contributed by atoms with van der Waals surface area (Å²) in [7, 11) is 2.98. The normalized spacial score (nSPS) is 11.9. The minimum atomic E-state index is -0.912. The summed E-state index contributed by atoms with van der Waals surface area (Å²) in [5.41, 5.74) is 0.343. The molecule has 7 heteroatoms. The SMILES string of the molecule is COc1cc(C(=O)NCC(CC(C)C)C(=O)O)cc(OC)c1Br. The Morgan fingerprint density at radius 2 is 1.74 bits per heavy atom. The summed E-state index contributed by atoms with van der Waals surface area (Å²) in [4.78, 5) is 23.5. The summed E-state index contributed by atoms with van der Waals surface area (Å²) in [5, 5.41) is 11.9. The summed E-state index contributed by atoms with van der Waals surface area (Å²) in [5.74, 6) is -0.730. The van der Waals surface area contributed by atoms with Crippen LogP contribution in [0.2, 0.25) is 0 Å². The van der Waals surface area contributed by atoms with E-state index in [1.165, 1.54) is 14.2 Å². The lowest BCUT2D eigenvalue weighted by Gasteiger charge is -2.16. The molecule has 23 heavy (non-hydrogen) atoms. The van der Waals surface area contributed by atoms with E-state index in [9.17, 15) is 14.7 Å². The fourth-order valence-corrected chi connectivity index (χ4v) is 2.71. The Kier molecular flexibility index (Phi) is 7.35. The van der Waals surface area contributed by atoms with Crippen molar-refractivity contribution in [3.05, 3.63) is 22.2 Å². The highest BCUT2D eigenvalue weighted by Gasteiger charge is 2.21. The molecule has 6 nitrogen and oxygen atoms in total. The van der Waals surface area contributed by atoms with Gasteiger partial charge in [-0.25, -0.2) is 0 Å². The van der Waals surface area contributed by atoms with E-state index in [2.05, 4.69) is 21.2 Å². The Morgan fingerprint density at radius 3 is 2.13 bits per heavy atom. The molecule has 1 rings (SSSR count). The van der Waals surface area contributed by atoms with Crippen LogP contribution in [0.3, 0.4) is 0 Å². The largest absolute Gasteiger partial charge is 0.495 e. The maximum atomic E-state index is 12.3. The Labute approximate surface area is 144 Å². The molecule has 0 aromatic heterocycles. The van der Waals surface area contributed by atoms with Crippen molar-refractivity contribution in [3.8, 4) is 11.5 Å². The Hall–Kier alpha value is -1.76. The van der Waals surface area contributed by atoms with Gasteiger partial charge in [-0.3, -0.25) is 9.59 Å². The second-order valence-corrected chi connectivity index (χ2v) is 6.36. The first kappa shape index (κ1) is 19.3. The number of nitrogens with one attached hydrogen (secondary N) is 1. The molecule has 2 N–H and O–H groups in total. The molecule has 1 atom stereocenters. The van der Waals surface area contributed by atoms with E-state index < -0.39 is 11.9 Å². The maximum absolute atomic E-state index is 12.3. The number of halogens is 1. The molecule has 0 aliphatic heterocycles. The van der Waals surface area contributed by atoms with Crippen molar-refractivity contribution in [1.29, 1.82) is 0 Å². The second kappa shape index (κ2) is 8.76. The molecule has 0 aliphatic carbocycles. The fraction of sp³-hybridized carbons (Fsp3) is 0.500. The molecule has 0 bridgehead atoms. The van der Waals surface area contributed by atoms with Crippen LogP contribution >= 0.6 is 15.9 Å². The van der Waals surface area contributed by atoms with Crippen LogP contribution in [0.5, 0.6) is 11.5 Å². The number of benzene rings is 1. The highest BCUT2D eigenvalue weighted by atomic mass is 79.9. The average Bonchev–Trinajstić information content (AvgIpc) is 2.50. The molecule has 0 saturated carbocycles. The zero-order valence-electron chi connectivity index (χ0n) is 13.7. The van der Waals surface area contributed by atoms with Crippen LogP contribution in [-0.4, -0.2) is 37.7 Å².